The molecule has 3 aromatic heterocycles. The zero-order valence-electron chi connectivity index (χ0n) is 23.4. The summed E-state index contributed by atoms with van der Waals surface area (Å²) in [4.78, 5) is 9.29. The predicted molar refractivity (Wildman–Crippen MR) is 178 cm³/mol. The van der Waals surface area contributed by atoms with Crippen LogP contribution in [0.25, 0.3) is 72.3 Å². The molecular weight excluding hydrogens is 522 g/mol. The van der Waals surface area contributed by atoms with E-state index in [9.17, 15) is 0 Å². The number of nitrogens with zero attached hydrogens (tertiary/aromatic N) is 3. The summed E-state index contributed by atoms with van der Waals surface area (Å²) in [6, 6.07) is 51.7. The van der Waals surface area contributed by atoms with Gasteiger partial charge in [0.25, 0.3) is 0 Å². The average molecular weight is 550 g/mol. The summed E-state index contributed by atoms with van der Waals surface area (Å²) in [5.41, 5.74) is 12.3. The van der Waals surface area contributed by atoms with E-state index < -0.39 is 0 Å². The highest BCUT2D eigenvalue weighted by Gasteiger charge is 2.16. The molecule has 3 nitrogen and oxygen atoms in total. The fourth-order valence-corrected chi connectivity index (χ4v) is 5.93. The number of hydrogen-bond donors (Lipinski definition) is 0. The fraction of sp³-hybridized carbons (Fsp3) is 0. The first-order chi connectivity index (χ1) is 21.3. The monoisotopic (exact) mass is 549 g/mol. The lowest BCUT2D eigenvalue weighted by Crippen LogP contribution is -1.89. The second kappa shape index (κ2) is 10.6. The van der Waals surface area contributed by atoms with Crippen LogP contribution >= 0.6 is 0 Å². The van der Waals surface area contributed by atoms with E-state index >= 15 is 0 Å². The quantitative estimate of drug-likeness (QED) is 0.214. The van der Waals surface area contributed by atoms with Crippen LogP contribution in [-0.4, -0.2) is 14.4 Å². The summed E-state index contributed by atoms with van der Waals surface area (Å²) in [6.07, 6.45) is 5.79. The normalized spacial score (nSPS) is 11.3. The molecule has 43 heavy (non-hydrogen) atoms. The number of benzene rings is 5. The molecule has 0 aliphatic heterocycles. The molecule has 0 unspecified atom stereocenters. The first-order valence-electron chi connectivity index (χ1n) is 14.5. The van der Waals surface area contributed by atoms with Gasteiger partial charge >= 0.3 is 0 Å². The van der Waals surface area contributed by atoms with E-state index in [1.165, 1.54) is 33.0 Å². The highest BCUT2D eigenvalue weighted by atomic mass is 15.0. The van der Waals surface area contributed by atoms with Crippen LogP contribution in [0.15, 0.2) is 164 Å². The summed E-state index contributed by atoms with van der Waals surface area (Å²) < 4.78 is 2.17. The lowest BCUT2D eigenvalue weighted by molar-refractivity contribution is 1.19. The summed E-state index contributed by atoms with van der Waals surface area (Å²) in [7, 11) is 0. The van der Waals surface area contributed by atoms with Gasteiger partial charge in [0.15, 0.2) is 0 Å². The molecule has 5 aromatic carbocycles. The number of rotatable bonds is 5. The number of hydrogen-bond acceptors (Lipinski definition) is 2. The summed E-state index contributed by atoms with van der Waals surface area (Å²) in [6.45, 7) is 0. The standard InChI is InChI=1S/C40H27N3/c1-2-9-32(10-3-1)40-39(42-38-12-6-7-23-43(38)40)31-16-13-29(14-17-31)35-25-36(30-19-21-41-22-20-30)27-37(26-35)34-18-15-28-8-4-5-11-33(28)24-34/h1-27H. The van der Waals surface area contributed by atoms with Gasteiger partial charge in [-0.2, -0.15) is 0 Å². The Morgan fingerprint density at radius 2 is 1.00 bits per heavy atom. The zero-order valence-corrected chi connectivity index (χ0v) is 23.4. The van der Waals surface area contributed by atoms with Crippen LogP contribution < -0.4 is 0 Å². The van der Waals surface area contributed by atoms with E-state index in [4.69, 9.17) is 4.98 Å². The zero-order chi connectivity index (χ0) is 28.6. The second-order valence-electron chi connectivity index (χ2n) is 10.8. The van der Waals surface area contributed by atoms with Crippen LogP contribution in [0.4, 0.5) is 0 Å². The Labute approximate surface area is 250 Å². The molecule has 0 saturated heterocycles. The van der Waals surface area contributed by atoms with Gasteiger partial charge in [-0.25, -0.2) is 4.98 Å². The van der Waals surface area contributed by atoms with Crippen molar-refractivity contribution in [2.75, 3.05) is 0 Å². The van der Waals surface area contributed by atoms with Crippen molar-refractivity contribution in [3.63, 3.8) is 0 Å². The number of fused-ring (bicyclic) bond motifs is 2. The molecule has 0 bridgehead atoms. The molecule has 202 valence electrons. The average Bonchev–Trinajstić information content (AvgIpc) is 3.48. The molecule has 0 N–H and O–H groups in total. The van der Waals surface area contributed by atoms with Gasteiger partial charge in [-0.15, -0.1) is 0 Å². The van der Waals surface area contributed by atoms with Gasteiger partial charge in [-0.05, 0) is 92.7 Å². The molecule has 8 rings (SSSR count). The minimum atomic E-state index is 0.936. The van der Waals surface area contributed by atoms with Crippen molar-refractivity contribution in [3.05, 3.63) is 164 Å². The number of aromatic nitrogens is 3. The van der Waals surface area contributed by atoms with Crippen LogP contribution in [-0.2, 0) is 0 Å². The predicted octanol–water partition coefficient (Wildman–Crippen LogP) is 10.2. The van der Waals surface area contributed by atoms with Crippen molar-refractivity contribution in [3.8, 4) is 55.9 Å². The molecule has 0 aliphatic rings. The summed E-state index contributed by atoms with van der Waals surface area (Å²) in [5.74, 6) is 0. The Hall–Kier alpha value is -5.80. The summed E-state index contributed by atoms with van der Waals surface area (Å²) in [5, 5.41) is 2.48. The van der Waals surface area contributed by atoms with Gasteiger partial charge in [0, 0.05) is 29.7 Å². The van der Waals surface area contributed by atoms with Gasteiger partial charge in [-0.3, -0.25) is 9.38 Å². The Balaban J connectivity index is 1.25. The highest BCUT2D eigenvalue weighted by molar-refractivity contribution is 5.90. The maximum Gasteiger partial charge on any atom is 0.137 e. The van der Waals surface area contributed by atoms with E-state index in [0.29, 0.717) is 0 Å². The van der Waals surface area contributed by atoms with Gasteiger partial charge in [0.1, 0.15) is 5.65 Å². The Bertz CT molecular complexity index is 2210. The third kappa shape index (κ3) is 4.67. The number of imidazole rings is 1. The van der Waals surface area contributed by atoms with Crippen LogP contribution in [0.3, 0.4) is 0 Å². The van der Waals surface area contributed by atoms with E-state index in [-0.39, 0.29) is 0 Å². The molecular formula is C40H27N3. The minimum absolute atomic E-state index is 0.936. The van der Waals surface area contributed by atoms with Gasteiger partial charge in [-0.1, -0.05) is 97.1 Å². The molecule has 0 amide bonds. The highest BCUT2D eigenvalue weighted by Crippen LogP contribution is 2.37. The first-order valence-corrected chi connectivity index (χ1v) is 14.5. The third-order valence-electron chi connectivity index (χ3n) is 8.10. The second-order valence-corrected chi connectivity index (χ2v) is 10.8. The van der Waals surface area contributed by atoms with Crippen LogP contribution in [0.5, 0.6) is 0 Å². The van der Waals surface area contributed by atoms with Crippen molar-refractivity contribution in [2.24, 2.45) is 0 Å². The molecule has 0 radical (unpaired) electrons. The number of pyridine rings is 2. The maximum absolute atomic E-state index is 5.05. The Kier molecular flexibility index (Phi) is 6.12. The summed E-state index contributed by atoms with van der Waals surface area (Å²) >= 11 is 0. The first kappa shape index (κ1) is 25.0. The molecule has 0 fully saturated rings. The van der Waals surface area contributed by atoms with Crippen LogP contribution in [0, 0.1) is 0 Å². The molecule has 3 heterocycles. The molecule has 0 aliphatic carbocycles. The fourth-order valence-electron chi connectivity index (χ4n) is 5.93. The van der Waals surface area contributed by atoms with E-state index in [1.54, 1.807) is 0 Å². The SMILES string of the molecule is c1ccc(-c2c(-c3ccc(-c4cc(-c5ccncc5)cc(-c5ccc6ccccc6c5)c4)cc3)nc3ccccn23)cc1. The van der Waals surface area contributed by atoms with Crippen molar-refractivity contribution in [2.45, 2.75) is 0 Å². The lowest BCUT2D eigenvalue weighted by atomic mass is 9.92. The van der Waals surface area contributed by atoms with Crippen molar-refractivity contribution in [1.82, 2.24) is 14.4 Å². The van der Waals surface area contributed by atoms with Crippen LogP contribution in [0.2, 0.25) is 0 Å². The molecule has 0 spiro atoms. The van der Waals surface area contributed by atoms with Crippen LogP contribution in [0.1, 0.15) is 0 Å². The largest absolute Gasteiger partial charge is 0.299 e. The van der Waals surface area contributed by atoms with Gasteiger partial charge < -0.3 is 0 Å². The van der Waals surface area contributed by atoms with Gasteiger partial charge in [0.05, 0.1) is 11.4 Å². The van der Waals surface area contributed by atoms with Gasteiger partial charge in [0.2, 0.25) is 0 Å². The smallest absolute Gasteiger partial charge is 0.137 e. The van der Waals surface area contributed by atoms with Crippen molar-refractivity contribution in [1.29, 1.82) is 0 Å². The topological polar surface area (TPSA) is 30.2 Å². The van der Waals surface area contributed by atoms with Crippen molar-refractivity contribution < 1.29 is 0 Å². The van der Waals surface area contributed by atoms with E-state index in [1.807, 2.05) is 24.5 Å². The Morgan fingerprint density at radius 1 is 0.395 bits per heavy atom. The minimum Gasteiger partial charge on any atom is -0.299 e. The molecule has 0 saturated carbocycles. The Morgan fingerprint density at radius 3 is 1.77 bits per heavy atom. The third-order valence-corrected chi connectivity index (χ3v) is 8.10. The maximum atomic E-state index is 5.05. The van der Waals surface area contributed by atoms with E-state index in [0.717, 1.165) is 39.3 Å². The molecule has 0 atom stereocenters. The molecule has 3 heteroatoms. The van der Waals surface area contributed by atoms with Crippen molar-refractivity contribution >= 4 is 16.4 Å². The van der Waals surface area contributed by atoms with E-state index in [2.05, 4.69) is 149 Å². The lowest BCUT2D eigenvalue weighted by Gasteiger charge is -2.12. The molecule has 8 aromatic rings.